The largest absolute Gasteiger partial charge is 0.489 e. The number of rotatable bonds is 7. The van der Waals surface area contributed by atoms with E-state index in [0.29, 0.717) is 12.4 Å². The molecule has 7 heteroatoms. The lowest BCUT2D eigenvalue weighted by atomic mass is 10.1. The third-order valence-corrected chi connectivity index (χ3v) is 4.45. The first-order valence-corrected chi connectivity index (χ1v) is 9.27. The van der Waals surface area contributed by atoms with Crippen molar-refractivity contribution in [1.29, 1.82) is 0 Å². The molecule has 0 radical (unpaired) electrons. The van der Waals surface area contributed by atoms with Gasteiger partial charge in [0.15, 0.2) is 0 Å². The van der Waals surface area contributed by atoms with E-state index < -0.39 is 4.92 Å². The predicted octanol–water partition coefficient (Wildman–Crippen LogP) is 5.17. The lowest BCUT2D eigenvalue weighted by molar-refractivity contribution is -0.385. The molecule has 7 nitrogen and oxygen atoms in total. The molecule has 0 unspecified atom stereocenters. The fourth-order valence-electron chi connectivity index (χ4n) is 2.88. The summed E-state index contributed by atoms with van der Waals surface area (Å²) in [6.07, 6.45) is 2.82. The maximum atomic E-state index is 10.6. The molecule has 0 aliphatic heterocycles. The van der Waals surface area contributed by atoms with Crippen molar-refractivity contribution in [3.63, 3.8) is 0 Å². The summed E-state index contributed by atoms with van der Waals surface area (Å²) in [6.45, 7) is 0.492. The lowest BCUT2D eigenvalue weighted by Gasteiger charge is -2.07. The fourth-order valence-corrected chi connectivity index (χ4v) is 2.88. The van der Waals surface area contributed by atoms with Crippen molar-refractivity contribution >= 4 is 28.5 Å². The van der Waals surface area contributed by atoms with E-state index >= 15 is 0 Å². The second-order valence-corrected chi connectivity index (χ2v) is 6.57. The first-order chi connectivity index (χ1) is 14.7. The highest BCUT2D eigenvalue weighted by Gasteiger charge is 2.04. The Hall–Kier alpha value is -4.26. The summed E-state index contributed by atoms with van der Waals surface area (Å²) in [4.78, 5) is 14.1. The zero-order chi connectivity index (χ0) is 20.8. The van der Waals surface area contributed by atoms with Crippen LogP contribution in [-0.4, -0.2) is 16.1 Å². The van der Waals surface area contributed by atoms with Crippen molar-refractivity contribution in [3.8, 4) is 5.75 Å². The van der Waals surface area contributed by atoms with Gasteiger partial charge in [-0.2, -0.15) is 5.10 Å². The molecule has 1 heterocycles. The Balaban J connectivity index is 1.31. The van der Waals surface area contributed by atoms with Gasteiger partial charge in [0, 0.05) is 6.07 Å². The second kappa shape index (κ2) is 8.83. The van der Waals surface area contributed by atoms with E-state index in [0.717, 1.165) is 16.9 Å². The number of fused-ring (bicyclic) bond motifs is 1. The van der Waals surface area contributed by atoms with Crippen LogP contribution in [-0.2, 0) is 6.61 Å². The molecule has 3 aromatic carbocycles. The summed E-state index contributed by atoms with van der Waals surface area (Å²) in [5, 5.41) is 17.1. The number of ether oxygens (including phenoxy) is 1. The average Bonchev–Trinajstić information content (AvgIpc) is 2.79. The molecule has 30 heavy (non-hydrogen) atoms. The molecule has 148 valence electrons. The summed E-state index contributed by atoms with van der Waals surface area (Å²) >= 11 is 0. The van der Waals surface area contributed by atoms with Crippen molar-refractivity contribution in [2.75, 3.05) is 5.43 Å². The molecule has 0 atom stereocenters. The molecule has 4 aromatic rings. The van der Waals surface area contributed by atoms with Gasteiger partial charge in [-0.15, -0.1) is 0 Å². The Bertz CT molecular complexity index is 1190. The van der Waals surface area contributed by atoms with E-state index in [-0.39, 0.29) is 5.69 Å². The topological polar surface area (TPSA) is 89.7 Å². The monoisotopic (exact) mass is 398 g/mol. The number of aromatic nitrogens is 1. The molecule has 0 aliphatic rings. The van der Waals surface area contributed by atoms with Gasteiger partial charge in [0.05, 0.1) is 11.1 Å². The predicted molar refractivity (Wildman–Crippen MR) is 117 cm³/mol. The Kier molecular flexibility index (Phi) is 5.61. The third-order valence-electron chi connectivity index (χ3n) is 4.45. The van der Waals surface area contributed by atoms with Gasteiger partial charge in [-0.05, 0) is 58.3 Å². The molecule has 0 saturated heterocycles. The van der Waals surface area contributed by atoms with E-state index in [1.807, 2.05) is 36.4 Å². The molecule has 0 spiro atoms. The van der Waals surface area contributed by atoms with E-state index in [1.165, 1.54) is 29.1 Å². The van der Waals surface area contributed by atoms with E-state index in [1.54, 1.807) is 6.21 Å². The van der Waals surface area contributed by atoms with E-state index in [2.05, 4.69) is 45.8 Å². The number of hydrazone groups is 1. The quantitative estimate of drug-likeness (QED) is 0.264. The standard InChI is InChI=1S/C23H18N4O3/c28-27(29)21-9-12-23(24-15-21)26-25-14-17-6-10-22(11-7-17)30-16-18-5-8-19-3-1-2-4-20(19)13-18/h1-15H,16H2,(H,24,26)/b25-14+. The van der Waals surface area contributed by atoms with Crippen LogP contribution in [0.5, 0.6) is 5.75 Å². The van der Waals surface area contributed by atoms with Gasteiger partial charge in [0.25, 0.3) is 5.69 Å². The van der Waals surface area contributed by atoms with Gasteiger partial charge >= 0.3 is 0 Å². The Morgan fingerprint density at radius 1 is 1.00 bits per heavy atom. The number of anilines is 1. The van der Waals surface area contributed by atoms with E-state index in [9.17, 15) is 10.1 Å². The highest BCUT2D eigenvalue weighted by molar-refractivity contribution is 5.83. The highest BCUT2D eigenvalue weighted by atomic mass is 16.6. The Labute approximate surface area is 172 Å². The number of benzene rings is 3. The fraction of sp³-hybridized carbons (Fsp3) is 0.0435. The molecule has 0 amide bonds. The minimum absolute atomic E-state index is 0.0659. The number of nitrogens with one attached hydrogen (secondary N) is 1. The van der Waals surface area contributed by atoms with Gasteiger partial charge in [-0.25, -0.2) is 4.98 Å². The summed E-state index contributed by atoms with van der Waals surface area (Å²) in [6, 6.07) is 25.0. The van der Waals surface area contributed by atoms with Gasteiger partial charge < -0.3 is 4.74 Å². The van der Waals surface area contributed by atoms with Crippen LogP contribution in [0.3, 0.4) is 0 Å². The van der Waals surface area contributed by atoms with Crippen LogP contribution in [0.25, 0.3) is 10.8 Å². The van der Waals surface area contributed by atoms with Crippen molar-refractivity contribution in [2.45, 2.75) is 6.61 Å². The Morgan fingerprint density at radius 2 is 1.80 bits per heavy atom. The van der Waals surface area contributed by atoms with Crippen molar-refractivity contribution in [1.82, 2.24) is 4.98 Å². The molecule has 1 aromatic heterocycles. The number of nitrogens with zero attached hydrogens (tertiary/aromatic N) is 3. The van der Waals surface area contributed by atoms with Crippen LogP contribution in [0, 0.1) is 10.1 Å². The summed E-state index contributed by atoms with van der Waals surface area (Å²) < 4.78 is 5.88. The third kappa shape index (κ3) is 4.77. The zero-order valence-corrected chi connectivity index (χ0v) is 15.9. The maximum absolute atomic E-state index is 10.6. The van der Waals surface area contributed by atoms with Gasteiger partial charge in [0.1, 0.15) is 24.4 Å². The number of nitro groups is 1. The van der Waals surface area contributed by atoms with Crippen LogP contribution >= 0.6 is 0 Å². The lowest BCUT2D eigenvalue weighted by Crippen LogP contribution is -1.96. The number of hydrogen-bond donors (Lipinski definition) is 1. The summed E-state index contributed by atoms with van der Waals surface area (Å²) in [5.74, 6) is 1.19. The first kappa shape index (κ1) is 19.1. The minimum Gasteiger partial charge on any atom is -0.489 e. The van der Waals surface area contributed by atoms with E-state index in [4.69, 9.17) is 4.74 Å². The summed E-state index contributed by atoms with van der Waals surface area (Å²) in [7, 11) is 0. The van der Waals surface area contributed by atoms with Crippen LogP contribution in [0.15, 0.2) is 90.2 Å². The van der Waals surface area contributed by atoms with Crippen molar-refractivity contribution in [2.24, 2.45) is 5.10 Å². The molecule has 0 aliphatic carbocycles. The second-order valence-electron chi connectivity index (χ2n) is 6.57. The van der Waals surface area contributed by atoms with Gasteiger partial charge in [0.2, 0.25) is 0 Å². The van der Waals surface area contributed by atoms with Crippen molar-refractivity contribution in [3.05, 3.63) is 106 Å². The van der Waals surface area contributed by atoms with Gasteiger partial charge in [-0.1, -0.05) is 36.4 Å². The normalized spacial score (nSPS) is 10.9. The molecule has 0 bridgehead atoms. The number of hydrogen-bond acceptors (Lipinski definition) is 6. The first-order valence-electron chi connectivity index (χ1n) is 9.27. The average molecular weight is 398 g/mol. The SMILES string of the molecule is O=[N+]([O-])c1ccc(N/N=C/c2ccc(OCc3ccc4ccccc4c3)cc2)nc1. The Morgan fingerprint density at radius 3 is 2.53 bits per heavy atom. The smallest absolute Gasteiger partial charge is 0.287 e. The van der Waals surface area contributed by atoms with Crippen LogP contribution in [0.1, 0.15) is 11.1 Å². The molecule has 1 N–H and O–H groups in total. The summed E-state index contributed by atoms with van der Waals surface area (Å²) in [5.41, 5.74) is 4.66. The van der Waals surface area contributed by atoms with Crippen molar-refractivity contribution < 1.29 is 9.66 Å². The number of pyridine rings is 1. The zero-order valence-electron chi connectivity index (χ0n) is 15.9. The highest BCUT2D eigenvalue weighted by Crippen LogP contribution is 2.18. The van der Waals surface area contributed by atoms with Crippen LogP contribution in [0.4, 0.5) is 11.5 Å². The maximum Gasteiger partial charge on any atom is 0.287 e. The van der Waals surface area contributed by atoms with Gasteiger partial charge in [-0.3, -0.25) is 15.5 Å². The molecular formula is C23H18N4O3. The molecule has 4 rings (SSSR count). The minimum atomic E-state index is -0.496. The molecular weight excluding hydrogens is 380 g/mol. The molecule has 0 fully saturated rings. The molecule has 0 saturated carbocycles. The van der Waals surface area contributed by atoms with Crippen LogP contribution in [0.2, 0.25) is 0 Å². The van der Waals surface area contributed by atoms with Crippen LogP contribution < -0.4 is 10.2 Å².